The van der Waals surface area contributed by atoms with Crippen molar-refractivity contribution < 1.29 is 9.53 Å². The zero-order valence-corrected chi connectivity index (χ0v) is 9.08. The van der Waals surface area contributed by atoms with Gasteiger partial charge in [-0.25, -0.2) is 14.8 Å². The molecule has 15 heavy (non-hydrogen) atoms. The molecule has 0 spiro atoms. The van der Waals surface area contributed by atoms with Crippen molar-refractivity contribution in [1.29, 1.82) is 0 Å². The highest BCUT2D eigenvalue weighted by molar-refractivity contribution is 6.31. The first kappa shape index (κ1) is 11.5. The lowest BCUT2D eigenvalue weighted by Crippen LogP contribution is -2.00. The van der Waals surface area contributed by atoms with E-state index in [2.05, 4.69) is 14.7 Å². The van der Waals surface area contributed by atoms with E-state index in [0.717, 1.165) is 0 Å². The first-order valence-corrected chi connectivity index (χ1v) is 4.48. The predicted molar refractivity (Wildman–Crippen MR) is 57.2 cm³/mol. The number of carbonyl (C=O) groups is 1. The number of nitrogens with zero attached hydrogens (tertiary/aromatic N) is 2. The maximum absolute atomic E-state index is 10.8. The smallest absolute Gasteiger partial charge is 0.330 e. The van der Waals surface area contributed by atoms with Gasteiger partial charge in [0.05, 0.1) is 12.7 Å². The molecule has 1 rings (SSSR count). The molecular weight excluding hydrogens is 218 g/mol. The molecule has 0 bridgehead atoms. The average Bonchev–Trinajstić information content (AvgIpc) is 2.15. The van der Waals surface area contributed by atoms with Gasteiger partial charge in [-0.2, -0.15) is 0 Å². The van der Waals surface area contributed by atoms with Crippen molar-refractivity contribution in [2.45, 2.75) is 6.92 Å². The minimum absolute atomic E-state index is 0.208. The van der Waals surface area contributed by atoms with E-state index in [1.807, 2.05) is 0 Å². The molecule has 0 aliphatic heterocycles. The predicted octanol–water partition coefficient (Wildman–Crippen LogP) is 1.21. The molecule has 0 unspecified atom stereocenters. The monoisotopic (exact) mass is 227 g/mol. The number of rotatable bonds is 2. The number of hydrogen-bond acceptors (Lipinski definition) is 5. The summed E-state index contributed by atoms with van der Waals surface area (Å²) in [7, 11) is 1.28. The topological polar surface area (TPSA) is 78.1 Å². The van der Waals surface area contributed by atoms with Crippen LogP contribution in [0.15, 0.2) is 6.08 Å². The number of anilines is 1. The van der Waals surface area contributed by atoms with Crippen LogP contribution in [-0.2, 0) is 9.53 Å². The molecule has 0 aliphatic carbocycles. The molecule has 2 N–H and O–H groups in total. The molecular formula is C9H10ClN3O2. The van der Waals surface area contributed by atoms with Crippen molar-refractivity contribution in [3.05, 3.63) is 22.6 Å². The Morgan fingerprint density at radius 3 is 2.73 bits per heavy atom. The fourth-order valence-electron chi connectivity index (χ4n) is 0.941. The summed E-state index contributed by atoms with van der Waals surface area (Å²) in [6.07, 6.45) is 2.62. The summed E-state index contributed by atoms with van der Waals surface area (Å²) in [6, 6.07) is 0. The molecule has 1 heterocycles. The van der Waals surface area contributed by atoms with Crippen molar-refractivity contribution in [2.75, 3.05) is 12.8 Å². The number of carbonyl (C=O) groups excluding carboxylic acids is 1. The molecule has 0 saturated carbocycles. The Kier molecular flexibility index (Phi) is 3.62. The minimum atomic E-state index is -0.494. The quantitative estimate of drug-likeness (QED) is 0.467. The van der Waals surface area contributed by atoms with Gasteiger partial charge in [-0.1, -0.05) is 11.6 Å². The third-order valence-electron chi connectivity index (χ3n) is 1.63. The summed E-state index contributed by atoms with van der Waals surface area (Å²) >= 11 is 5.83. The number of halogens is 1. The van der Waals surface area contributed by atoms with E-state index in [-0.39, 0.29) is 11.0 Å². The van der Waals surface area contributed by atoms with Crippen LogP contribution < -0.4 is 5.73 Å². The van der Waals surface area contributed by atoms with Gasteiger partial charge in [-0.15, -0.1) is 0 Å². The number of methoxy groups -OCH3 is 1. The van der Waals surface area contributed by atoms with Crippen molar-refractivity contribution >= 4 is 29.5 Å². The molecule has 6 heteroatoms. The number of esters is 1. The van der Waals surface area contributed by atoms with Gasteiger partial charge in [0.15, 0.2) is 0 Å². The standard InChI is InChI=1S/C9H10ClN3O2/c1-5-12-8(10)6(9(11)13-5)3-4-7(14)15-2/h3-4H,1-2H3,(H2,11,12,13). The normalized spacial score (nSPS) is 10.6. The van der Waals surface area contributed by atoms with Crippen LogP contribution in [0.4, 0.5) is 5.82 Å². The van der Waals surface area contributed by atoms with Gasteiger partial charge >= 0.3 is 5.97 Å². The lowest BCUT2D eigenvalue weighted by molar-refractivity contribution is -0.134. The van der Waals surface area contributed by atoms with Crippen LogP contribution in [0.3, 0.4) is 0 Å². The van der Waals surface area contributed by atoms with Gasteiger partial charge in [-0.05, 0) is 13.0 Å². The Bertz CT molecular complexity index is 395. The first-order chi connectivity index (χ1) is 7.04. The molecule has 80 valence electrons. The highest BCUT2D eigenvalue weighted by Crippen LogP contribution is 2.19. The first-order valence-electron chi connectivity index (χ1n) is 4.10. The minimum Gasteiger partial charge on any atom is -0.466 e. The SMILES string of the molecule is COC(=O)C=Cc1c(N)nc(C)nc1Cl. The Balaban J connectivity index is 3.05. The number of nitrogen functional groups attached to an aromatic ring is 1. The van der Waals surface area contributed by atoms with Crippen LogP contribution in [0, 0.1) is 6.92 Å². The molecule has 1 aromatic rings. The highest BCUT2D eigenvalue weighted by atomic mass is 35.5. The van der Waals surface area contributed by atoms with E-state index in [4.69, 9.17) is 17.3 Å². The van der Waals surface area contributed by atoms with Crippen LogP contribution in [-0.4, -0.2) is 23.0 Å². The Morgan fingerprint density at radius 1 is 1.53 bits per heavy atom. The summed E-state index contributed by atoms with van der Waals surface area (Å²) in [5.74, 6) is 0.214. The second kappa shape index (κ2) is 4.75. The molecule has 0 amide bonds. The fourth-order valence-corrected chi connectivity index (χ4v) is 1.22. The Labute approximate surface area is 91.9 Å². The van der Waals surface area contributed by atoms with Crippen molar-refractivity contribution in [3.8, 4) is 0 Å². The van der Waals surface area contributed by atoms with Gasteiger partial charge in [0, 0.05) is 6.08 Å². The Hall–Kier alpha value is -1.62. The van der Waals surface area contributed by atoms with Crippen LogP contribution in [0.1, 0.15) is 11.4 Å². The zero-order valence-electron chi connectivity index (χ0n) is 8.32. The molecule has 0 fully saturated rings. The van der Waals surface area contributed by atoms with Crippen LogP contribution >= 0.6 is 11.6 Å². The van der Waals surface area contributed by atoms with Gasteiger partial charge in [0.2, 0.25) is 0 Å². The van der Waals surface area contributed by atoms with Crippen LogP contribution in [0.5, 0.6) is 0 Å². The number of aryl methyl sites for hydroxylation is 1. The van der Waals surface area contributed by atoms with Gasteiger partial charge in [0.25, 0.3) is 0 Å². The lowest BCUT2D eigenvalue weighted by atomic mass is 10.3. The number of aromatic nitrogens is 2. The lowest BCUT2D eigenvalue weighted by Gasteiger charge is -2.02. The molecule has 0 radical (unpaired) electrons. The second-order valence-corrected chi connectivity index (χ2v) is 3.08. The molecule has 0 aliphatic rings. The summed E-state index contributed by atoms with van der Waals surface area (Å²) < 4.78 is 4.42. The highest BCUT2D eigenvalue weighted by Gasteiger charge is 2.06. The van der Waals surface area contributed by atoms with Gasteiger partial charge in [-0.3, -0.25) is 0 Å². The van der Waals surface area contributed by atoms with Gasteiger partial charge < -0.3 is 10.5 Å². The average molecular weight is 228 g/mol. The fraction of sp³-hybridized carbons (Fsp3) is 0.222. The zero-order chi connectivity index (χ0) is 11.4. The number of hydrogen-bond donors (Lipinski definition) is 1. The summed E-state index contributed by atoms with van der Waals surface area (Å²) in [5, 5.41) is 0.208. The van der Waals surface area contributed by atoms with E-state index in [0.29, 0.717) is 11.4 Å². The third-order valence-corrected chi connectivity index (χ3v) is 1.92. The molecule has 1 aromatic heterocycles. The molecule has 0 saturated heterocycles. The van der Waals surface area contributed by atoms with E-state index < -0.39 is 5.97 Å². The summed E-state index contributed by atoms with van der Waals surface area (Å²) in [4.78, 5) is 18.7. The van der Waals surface area contributed by atoms with Crippen molar-refractivity contribution in [3.63, 3.8) is 0 Å². The molecule has 0 atom stereocenters. The van der Waals surface area contributed by atoms with Crippen LogP contribution in [0.2, 0.25) is 5.15 Å². The van der Waals surface area contributed by atoms with Crippen molar-refractivity contribution in [2.24, 2.45) is 0 Å². The van der Waals surface area contributed by atoms with E-state index in [9.17, 15) is 4.79 Å². The summed E-state index contributed by atoms with van der Waals surface area (Å²) in [6.45, 7) is 1.68. The van der Waals surface area contributed by atoms with E-state index >= 15 is 0 Å². The maximum atomic E-state index is 10.8. The maximum Gasteiger partial charge on any atom is 0.330 e. The second-order valence-electron chi connectivity index (χ2n) is 2.72. The number of ether oxygens (including phenoxy) is 1. The van der Waals surface area contributed by atoms with E-state index in [1.54, 1.807) is 6.92 Å². The largest absolute Gasteiger partial charge is 0.466 e. The third kappa shape index (κ3) is 2.92. The van der Waals surface area contributed by atoms with E-state index in [1.165, 1.54) is 19.3 Å². The number of nitrogens with two attached hydrogens (primary N) is 1. The molecule has 0 aromatic carbocycles. The summed E-state index contributed by atoms with van der Waals surface area (Å²) in [5.41, 5.74) is 6.02. The van der Waals surface area contributed by atoms with Crippen LogP contribution in [0.25, 0.3) is 6.08 Å². The Morgan fingerprint density at radius 2 is 2.20 bits per heavy atom. The van der Waals surface area contributed by atoms with Gasteiger partial charge in [0.1, 0.15) is 16.8 Å². The van der Waals surface area contributed by atoms with Crippen molar-refractivity contribution in [1.82, 2.24) is 9.97 Å². The molecule has 5 nitrogen and oxygen atoms in total.